The van der Waals surface area contributed by atoms with Crippen molar-refractivity contribution in [3.63, 3.8) is 0 Å². The molecule has 0 aromatic heterocycles. The topological polar surface area (TPSA) is 61.8 Å². The maximum Gasteiger partial charge on any atom is 0.339 e. The monoisotopic (exact) mass is 556 g/mol. The molecule has 3 aliphatic rings. The Balaban J connectivity index is 1.37. The van der Waals surface area contributed by atoms with Gasteiger partial charge >= 0.3 is 10.1 Å². The van der Waals surface area contributed by atoms with Crippen LogP contribution in [0.2, 0.25) is 0 Å². The lowest BCUT2D eigenvalue weighted by Crippen LogP contribution is -2.27. The highest BCUT2D eigenvalue weighted by molar-refractivity contribution is 7.87. The minimum absolute atomic E-state index is 0.141. The van der Waals surface area contributed by atoms with Crippen molar-refractivity contribution < 1.29 is 22.1 Å². The molecule has 2 atom stereocenters. The second kappa shape index (κ2) is 10.2. The van der Waals surface area contributed by atoms with Gasteiger partial charge in [-0.05, 0) is 99.6 Å². The molecule has 208 valence electrons. The summed E-state index contributed by atoms with van der Waals surface area (Å²) in [5, 5.41) is 0. The van der Waals surface area contributed by atoms with E-state index in [1.54, 1.807) is 24.3 Å². The van der Waals surface area contributed by atoms with Gasteiger partial charge in [0, 0.05) is 16.7 Å². The number of ether oxygens (including phenoxy) is 2. The van der Waals surface area contributed by atoms with Crippen LogP contribution in [-0.2, 0) is 10.1 Å². The van der Waals surface area contributed by atoms with E-state index in [0.29, 0.717) is 24.2 Å². The molecule has 1 aliphatic carbocycles. The van der Waals surface area contributed by atoms with Crippen LogP contribution in [0.4, 0.5) is 0 Å². The molecule has 1 saturated carbocycles. The van der Waals surface area contributed by atoms with E-state index in [0.717, 1.165) is 51.3 Å². The van der Waals surface area contributed by atoms with Crippen molar-refractivity contribution in [2.24, 2.45) is 5.92 Å². The predicted octanol–water partition coefficient (Wildman–Crippen LogP) is 8.17. The van der Waals surface area contributed by atoms with Gasteiger partial charge in [0.15, 0.2) is 5.75 Å². The Bertz CT molecular complexity index is 1610. The summed E-state index contributed by atoms with van der Waals surface area (Å²) in [6, 6.07) is 16.8. The fourth-order valence-electron chi connectivity index (χ4n) is 5.67. The van der Waals surface area contributed by atoms with Gasteiger partial charge in [0.25, 0.3) is 0 Å². The molecule has 2 aliphatic heterocycles. The van der Waals surface area contributed by atoms with Crippen LogP contribution in [0.25, 0.3) is 17.7 Å². The smallest absolute Gasteiger partial charge is 0.339 e. The third-order valence-electron chi connectivity index (χ3n) is 8.05. The van der Waals surface area contributed by atoms with Crippen LogP contribution in [0, 0.1) is 12.8 Å². The molecule has 5 nitrogen and oxygen atoms in total. The zero-order chi connectivity index (χ0) is 28.1. The van der Waals surface area contributed by atoms with Crippen LogP contribution in [0.15, 0.2) is 65.6 Å². The first-order valence-electron chi connectivity index (χ1n) is 14.2. The van der Waals surface area contributed by atoms with E-state index in [2.05, 4.69) is 25.1 Å². The molecule has 0 saturated heterocycles. The zero-order valence-electron chi connectivity index (χ0n) is 23.6. The minimum atomic E-state index is -4.02. The minimum Gasteiger partial charge on any atom is -0.487 e. The third-order valence-corrected chi connectivity index (χ3v) is 9.30. The van der Waals surface area contributed by atoms with Gasteiger partial charge in [-0.15, -0.1) is 0 Å². The van der Waals surface area contributed by atoms with Gasteiger partial charge in [-0.2, -0.15) is 8.42 Å². The summed E-state index contributed by atoms with van der Waals surface area (Å²) in [5.74, 6) is 3.02. The molecule has 40 heavy (non-hydrogen) atoms. The van der Waals surface area contributed by atoms with Crippen LogP contribution in [0.1, 0.15) is 80.2 Å². The maximum atomic E-state index is 13.4. The van der Waals surface area contributed by atoms with Crippen LogP contribution in [0.3, 0.4) is 0 Å². The number of hydrogen-bond donors (Lipinski definition) is 0. The van der Waals surface area contributed by atoms with Crippen LogP contribution >= 0.6 is 0 Å². The second-order valence-electron chi connectivity index (χ2n) is 11.7. The van der Waals surface area contributed by atoms with Gasteiger partial charge in [-0.25, -0.2) is 0 Å². The quantitative estimate of drug-likeness (QED) is 0.262. The first kappa shape index (κ1) is 26.7. The molecule has 1 fully saturated rings. The second-order valence-corrected chi connectivity index (χ2v) is 13.3. The zero-order valence-corrected chi connectivity index (χ0v) is 24.4. The average Bonchev–Trinajstić information content (AvgIpc) is 3.70. The molecule has 3 aromatic carbocycles. The van der Waals surface area contributed by atoms with Crippen molar-refractivity contribution in [2.45, 2.75) is 69.8 Å². The van der Waals surface area contributed by atoms with Gasteiger partial charge in [-0.1, -0.05) is 49.6 Å². The molecule has 0 radical (unpaired) electrons. The Morgan fingerprint density at radius 2 is 1.85 bits per heavy atom. The lowest BCUT2D eigenvalue weighted by molar-refractivity contribution is 0.158. The Morgan fingerprint density at radius 3 is 2.62 bits per heavy atom. The molecule has 2 heterocycles. The highest BCUT2D eigenvalue weighted by Crippen LogP contribution is 2.52. The molecule has 1 unspecified atom stereocenters. The fourth-order valence-corrected chi connectivity index (χ4v) is 6.61. The Kier molecular flexibility index (Phi) is 6.78. The van der Waals surface area contributed by atoms with Crippen LogP contribution < -0.4 is 13.7 Å². The van der Waals surface area contributed by atoms with E-state index in [1.165, 1.54) is 19.3 Å². The Hall–Kier alpha value is -3.51. The van der Waals surface area contributed by atoms with E-state index in [9.17, 15) is 8.42 Å². The number of benzene rings is 3. The number of hydrogen-bond acceptors (Lipinski definition) is 5. The lowest BCUT2D eigenvalue weighted by atomic mass is 9.94. The molecule has 3 aromatic rings. The van der Waals surface area contributed by atoms with E-state index in [1.807, 2.05) is 51.1 Å². The van der Waals surface area contributed by atoms with E-state index < -0.39 is 10.1 Å². The summed E-state index contributed by atoms with van der Waals surface area (Å²) >= 11 is 0. The van der Waals surface area contributed by atoms with Crippen LogP contribution in [0.5, 0.6) is 17.2 Å². The highest BCUT2D eigenvalue weighted by atomic mass is 32.2. The molecule has 6 rings (SSSR count). The molecule has 0 bridgehead atoms. The van der Waals surface area contributed by atoms with Crippen molar-refractivity contribution in [1.82, 2.24) is 0 Å². The number of rotatable bonds is 8. The molecule has 6 heteroatoms. The predicted molar refractivity (Wildman–Crippen MR) is 159 cm³/mol. The molecule has 0 amide bonds. The van der Waals surface area contributed by atoms with Gasteiger partial charge < -0.3 is 13.7 Å². The van der Waals surface area contributed by atoms with Gasteiger partial charge in [0.2, 0.25) is 0 Å². The number of fused-ring (bicyclic) bond motifs is 3. The van der Waals surface area contributed by atoms with Gasteiger partial charge in [0.1, 0.15) is 28.6 Å². The van der Waals surface area contributed by atoms with E-state index >= 15 is 0 Å². The molecule has 0 N–H and O–H groups in total. The van der Waals surface area contributed by atoms with E-state index in [-0.39, 0.29) is 10.5 Å². The van der Waals surface area contributed by atoms with Crippen LogP contribution in [-0.4, -0.2) is 20.6 Å². The van der Waals surface area contributed by atoms with Gasteiger partial charge in [0.05, 0.1) is 5.56 Å². The third kappa shape index (κ3) is 5.29. The molecule has 0 spiro atoms. The van der Waals surface area contributed by atoms with Crippen molar-refractivity contribution >= 4 is 27.8 Å². The van der Waals surface area contributed by atoms with Crippen molar-refractivity contribution in [2.75, 3.05) is 6.61 Å². The summed E-state index contributed by atoms with van der Waals surface area (Å²) in [6.45, 7) is 8.48. The summed E-state index contributed by atoms with van der Waals surface area (Å²) in [4.78, 5) is 0.141. The highest BCUT2D eigenvalue weighted by Gasteiger charge is 2.38. The first-order valence-corrected chi connectivity index (χ1v) is 15.6. The normalized spacial score (nSPS) is 20.4. The number of unbranched alkanes of at least 4 members (excludes halogenated alkanes) is 1. The Morgan fingerprint density at radius 1 is 1.05 bits per heavy atom. The summed E-state index contributed by atoms with van der Waals surface area (Å²) < 4.78 is 45.0. The first-order chi connectivity index (χ1) is 19.1. The molecular formula is C34H36O5S. The van der Waals surface area contributed by atoms with Crippen molar-refractivity contribution in [1.29, 1.82) is 0 Å². The van der Waals surface area contributed by atoms with Crippen molar-refractivity contribution in [3.05, 3.63) is 88.5 Å². The van der Waals surface area contributed by atoms with Gasteiger partial charge in [-0.3, -0.25) is 0 Å². The average molecular weight is 557 g/mol. The van der Waals surface area contributed by atoms with E-state index in [4.69, 9.17) is 13.7 Å². The SMILES string of the molecule is CCCCC1C[C@H]1c1ccc(C2=Cc3ccc4c(c3OC2)C=CC(C)(C)O4)c(OS(=O)(=O)c2ccc(C)cc2)c1. The van der Waals surface area contributed by atoms with Crippen molar-refractivity contribution in [3.8, 4) is 17.2 Å². The summed E-state index contributed by atoms with van der Waals surface area (Å²) in [7, 11) is -4.02. The number of aryl methyl sites for hydroxylation is 1. The molecular weight excluding hydrogens is 520 g/mol. The standard InChI is InChI=1S/C34H36O5S/c1-5-6-7-23-19-30(23)24-10-14-28(32(20-24)39-40(35,36)27-12-8-22(2)9-13-27)26-18-25-11-15-31-29(33(25)37-21-26)16-17-34(3,4)38-31/h8-18,20,23,30H,5-7,19,21H2,1-4H3/t23?,30-/m1/s1. The summed E-state index contributed by atoms with van der Waals surface area (Å²) in [5.41, 5.74) is 5.19. The summed E-state index contributed by atoms with van der Waals surface area (Å²) in [6.07, 6.45) is 10.9. The Labute approximate surface area is 237 Å². The maximum absolute atomic E-state index is 13.4. The largest absolute Gasteiger partial charge is 0.487 e. The fraction of sp³-hybridized carbons (Fsp3) is 0.353. The lowest BCUT2D eigenvalue weighted by Gasteiger charge is -2.30.